The second-order valence-electron chi connectivity index (χ2n) is 24.9. The average Bonchev–Trinajstić information content (AvgIpc) is 3.67. The lowest BCUT2D eigenvalue weighted by atomic mass is 9.47. The van der Waals surface area contributed by atoms with Crippen LogP contribution in [0.5, 0.6) is 0 Å². The number of hydrogen-bond donors (Lipinski definition) is 0. The lowest BCUT2D eigenvalue weighted by Crippen LogP contribution is -2.51. The van der Waals surface area contributed by atoms with Crippen LogP contribution in [0, 0.1) is 58.2 Å². The number of hydrogen-bond acceptors (Lipinski definition) is 5. The summed E-state index contributed by atoms with van der Waals surface area (Å²) in [6.07, 6.45) is 48.1. The molecule has 0 aromatic heterocycles. The topological polar surface area (TPSA) is 55.8 Å². The van der Waals surface area contributed by atoms with Crippen LogP contribution < -0.4 is 0 Å². The van der Waals surface area contributed by atoms with Crippen LogP contribution in [0.4, 0.5) is 0 Å². The number of allylic oxidation sites excluding steroid dienone is 3. The Bertz CT molecular complexity index is 1430. The highest BCUT2D eigenvalue weighted by Crippen LogP contribution is 2.67. The van der Waals surface area contributed by atoms with Gasteiger partial charge in [0.25, 0.3) is 0 Å². The largest absolute Gasteiger partial charge is 0.462 e. The van der Waals surface area contributed by atoms with Crippen LogP contribution in [-0.4, -0.2) is 49.7 Å². The molecule has 5 heteroatoms. The normalized spacial score (nSPS) is 27.2. The maximum absolute atomic E-state index is 13.2. The molecule has 0 aromatic carbocycles. The molecule has 4 aliphatic rings. The lowest BCUT2D eigenvalue weighted by Gasteiger charge is -2.58. The molecular formula is C63H113NO4. The Morgan fingerprint density at radius 3 is 1.85 bits per heavy atom. The molecule has 0 radical (unpaired) electrons. The van der Waals surface area contributed by atoms with Crippen LogP contribution >= 0.6 is 0 Å². The molecule has 10 unspecified atom stereocenters. The maximum atomic E-state index is 13.2. The molecule has 0 aromatic rings. The molecule has 0 N–H and O–H groups in total. The zero-order valence-electron chi connectivity index (χ0n) is 46.8. The van der Waals surface area contributed by atoms with E-state index in [0.29, 0.717) is 36.0 Å². The smallest absolute Gasteiger partial charge is 0.306 e. The van der Waals surface area contributed by atoms with Crippen molar-refractivity contribution in [1.82, 2.24) is 4.90 Å². The number of unbranched alkanes of at least 4 members (excludes halogenated alkanes) is 15. The summed E-state index contributed by atoms with van der Waals surface area (Å²) in [4.78, 5) is 28.5. The molecule has 5 nitrogen and oxygen atoms in total. The van der Waals surface area contributed by atoms with E-state index in [0.717, 1.165) is 87.5 Å². The van der Waals surface area contributed by atoms with Crippen molar-refractivity contribution < 1.29 is 19.1 Å². The van der Waals surface area contributed by atoms with Gasteiger partial charge < -0.3 is 14.4 Å². The molecule has 0 aliphatic heterocycles. The first kappa shape index (κ1) is 58.9. The molecular weight excluding hydrogens is 835 g/mol. The van der Waals surface area contributed by atoms with Crippen LogP contribution in [0.25, 0.3) is 0 Å². The second-order valence-corrected chi connectivity index (χ2v) is 24.9. The van der Waals surface area contributed by atoms with Crippen LogP contribution in [0.15, 0.2) is 23.8 Å². The third-order valence-electron chi connectivity index (χ3n) is 19.1. The summed E-state index contributed by atoms with van der Waals surface area (Å²) in [6, 6.07) is 0. The van der Waals surface area contributed by atoms with Crippen molar-refractivity contribution >= 4 is 11.9 Å². The molecule has 4 aliphatic carbocycles. The third kappa shape index (κ3) is 19.4. The van der Waals surface area contributed by atoms with Gasteiger partial charge in [-0.15, -0.1) is 0 Å². The van der Waals surface area contributed by atoms with Gasteiger partial charge in [-0.25, -0.2) is 0 Å². The van der Waals surface area contributed by atoms with E-state index in [9.17, 15) is 9.59 Å². The van der Waals surface area contributed by atoms with Crippen LogP contribution in [0.1, 0.15) is 274 Å². The summed E-state index contributed by atoms with van der Waals surface area (Å²) >= 11 is 0. The highest BCUT2D eigenvalue weighted by molar-refractivity contribution is 5.69. The van der Waals surface area contributed by atoms with Crippen molar-refractivity contribution in [3.8, 4) is 0 Å². The van der Waals surface area contributed by atoms with Crippen molar-refractivity contribution in [2.45, 2.75) is 286 Å². The molecule has 0 bridgehead atoms. The van der Waals surface area contributed by atoms with Gasteiger partial charge in [-0.3, -0.25) is 9.59 Å². The quantitative estimate of drug-likeness (QED) is 0.0356. The van der Waals surface area contributed by atoms with Gasteiger partial charge in [0.15, 0.2) is 0 Å². The van der Waals surface area contributed by atoms with Crippen molar-refractivity contribution in [2.75, 3.05) is 20.6 Å². The highest BCUT2D eigenvalue weighted by atomic mass is 16.5. The second kappa shape index (κ2) is 31.8. The van der Waals surface area contributed by atoms with Gasteiger partial charge in [-0.2, -0.15) is 0 Å². The monoisotopic (exact) mass is 948 g/mol. The van der Waals surface area contributed by atoms with Crippen LogP contribution in [0.3, 0.4) is 0 Å². The van der Waals surface area contributed by atoms with Crippen LogP contribution in [0.2, 0.25) is 0 Å². The Balaban J connectivity index is 1.11. The summed E-state index contributed by atoms with van der Waals surface area (Å²) in [6.45, 7) is 20.5. The molecule has 4 rings (SSSR count). The fraction of sp³-hybridized carbons (Fsp3) is 0.905. The first-order chi connectivity index (χ1) is 32.7. The van der Waals surface area contributed by atoms with E-state index < -0.39 is 0 Å². The van der Waals surface area contributed by atoms with E-state index >= 15 is 0 Å². The number of fused-ring (bicyclic) bond motifs is 5. The number of rotatable bonds is 36. The minimum absolute atomic E-state index is 0.0310. The van der Waals surface area contributed by atoms with Crippen molar-refractivity contribution in [3.63, 3.8) is 0 Å². The molecule has 0 saturated heterocycles. The van der Waals surface area contributed by atoms with E-state index in [2.05, 4.69) is 92.6 Å². The van der Waals surface area contributed by atoms with E-state index in [-0.39, 0.29) is 29.6 Å². The number of nitrogens with zero attached hydrogens (tertiary/aromatic N) is 1. The maximum Gasteiger partial charge on any atom is 0.306 e. The average molecular weight is 949 g/mol. The lowest BCUT2D eigenvalue weighted by molar-refractivity contribution is -0.152. The molecule has 3 fully saturated rings. The first-order valence-electron chi connectivity index (χ1n) is 30.1. The highest BCUT2D eigenvalue weighted by Gasteiger charge is 2.59. The van der Waals surface area contributed by atoms with E-state index in [4.69, 9.17) is 9.47 Å². The molecule has 68 heavy (non-hydrogen) atoms. The molecule has 3 saturated carbocycles. The predicted octanol–water partition coefficient (Wildman–Crippen LogP) is 18.2. The van der Waals surface area contributed by atoms with Gasteiger partial charge in [-0.1, -0.05) is 188 Å². The molecule has 10 atom stereocenters. The fourth-order valence-corrected chi connectivity index (χ4v) is 14.2. The zero-order valence-corrected chi connectivity index (χ0v) is 46.8. The van der Waals surface area contributed by atoms with Gasteiger partial charge >= 0.3 is 11.9 Å². The van der Waals surface area contributed by atoms with Crippen molar-refractivity contribution in [2.24, 2.45) is 58.2 Å². The molecule has 394 valence electrons. The number of carbonyl (C=O) groups is 2. The number of carbonyl (C=O) groups excluding carboxylic acids is 2. The summed E-state index contributed by atoms with van der Waals surface area (Å²) in [5, 5.41) is 0. The van der Waals surface area contributed by atoms with Gasteiger partial charge in [0.1, 0.15) is 12.2 Å². The van der Waals surface area contributed by atoms with Gasteiger partial charge in [0, 0.05) is 19.3 Å². The Morgan fingerprint density at radius 2 is 1.24 bits per heavy atom. The third-order valence-corrected chi connectivity index (χ3v) is 19.1. The summed E-state index contributed by atoms with van der Waals surface area (Å²) in [7, 11) is 4.37. The molecule has 0 spiro atoms. The van der Waals surface area contributed by atoms with Crippen LogP contribution in [-0.2, 0) is 19.1 Å². The summed E-state index contributed by atoms with van der Waals surface area (Å²) in [5.41, 5.74) is 2.37. The molecule has 0 heterocycles. The fourth-order valence-electron chi connectivity index (χ4n) is 14.2. The summed E-state index contributed by atoms with van der Waals surface area (Å²) in [5.74, 6) is 6.09. The van der Waals surface area contributed by atoms with Gasteiger partial charge in [-0.05, 0) is 169 Å². The van der Waals surface area contributed by atoms with E-state index in [1.54, 1.807) is 5.57 Å². The molecule has 0 amide bonds. The van der Waals surface area contributed by atoms with E-state index in [1.165, 1.54) is 154 Å². The predicted molar refractivity (Wildman–Crippen MR) is 291 cm³/mol. The van der Waals surface area contributed by atoms with Gasteiger partial charge in [0.05, 0.1) is 0 Å². The zero-order chi connectivity index (χ0) is 49.4. The first-order valence-corrected chi connectivity index (χ1v) is 30.1. The van der Waals surface area contributed by atoms with Gasteiger partial charge in [0.2, 0.25) is 0 Å². The van der Waals surface area contributed by atoms with Crippen molar-refractivity contribution in [1.29, 1.82) is 0 Å². The van der Waals surface area contributed by atoms with Crippen molar-refractivity contribution in [3.05, 3.63) is 23.8 Å². The minimum Gasteiger partial charge on any atom is -0.462 e. The SMILES string of the molecule is CCCCCCCCC(CCCCCCCC)OC(=O)CCCCCCC(CCCCCC(=O)OC1CCC2(C)C(=CCC3C2CCC2(C)C(C(C)/C=C/C(C)C(C)C)CCC32)C1)CCN(C)C. The number of esters is 2. The standard InChI is InChI=1S/C63H113NO4/c1-11-13-15-17-19-26-32-54(33-27-20-18-16-14-12-2)67-60(65)34-28-22-21-24-30-52(44-47-64(9)10)31-25-23-29-35-61(66)68-55-42-45-62(7)53(48-55)38-39-56-58-41-40-57(63(58,8)46-43-59(56)62)51(6)37-36-50(5)49(3)4/h36-38,49-52,54-59H,11-35,39-48H2,1-10H3/b37-36+. The minimum atomic E-state index is 0.0310. The Hall–Kier alpha value is -1.62. The van der Waals surface area contributed by atoms with E-state index in [1.807, 2.05) is 0 Å². The number of ether oxygens (including phenoxy) is 2. The Morgan fingerprint density at radius 1 is 0.662 bits per heavy atom. The Labute approximate surface area is 422 Å². The Kier molecular flexibility index (Phi) is 27.5. The summed E-state index contributed by atoms with van der Waals surface area (Å²) < 4.78 is 12.4.